The topological polar surface area (TPSA) is 130 Å². The van der Waals surface area contributed by atoms with E-state index in [2.05, 4.69) is 20.6 Å². The second-order valence-electron chi connectivity index (χ2n) is 11.3. The summed E-state index contributed by atoms with van der Waals surface area (Å²) in [6.07, 6.45) is 1.89. The number of imidazole rings is 1. The smallest absolute Gasteiger partial charge is 0.408 e. The number of halogens is 2. The van der Waals surface area contributed by atoms with Crippen LogP contribution in [0, 0.1) is 5.82 Å². The van der Waals surface area contributed by atoms with E-state index >= 15 is 0 Å². The van der Waals surface area contributed by atoms with Crippen molar-refractivity contribution >= 4 is 40.9 Å². The van der Waals surface area contributed by atoms with Crippen LogP contribution in [0.5, 0.6) is 0 Å². The van der Waals surface area contributed by atoms with Crippen molar-refractivity contribution in [3.8, 4) is 0 Å². The Morgan fingerprint density at radius 3 is 2.32 bits per heavy atom. The minimum Gasteiger partial charge on any atom is -0.444 e. The van der Waals surface area contributed by atoms with Crippen LogP contribution < -0.4 is 10.6 Å². The van der Waals surface area contributed by atoms with Crippen molar-refractivity contribution in [1.29, 1.82) is 0 Å². The molecule has 218 valence electrons. The number of carbonyl (C=O) groups excluding carboxylic acids is 4. The van der Waals surface area contributed by atoms with E-state index in [9.17, 15) is 23.6 Å². The molecule has 0 unspecified atom stereocenters. The summed E-state index contributed by atoms with van der Waals surface area (Å²) in [7, 11) is 0. The highest BCUT2D eigenvalue weighted by Crippen LogP contribution is 2.21. The number of ether oxygens (including phenoxy) is 1. The number of anilines is 1. The van der Waals surface area contributed by atoms with Gasteiger partial charge in [0.1, 0.15) is 22.8 Å². The molecule has 0 radical (unpaired) electrons. The first-order valence-electron chi connectivity index (χ1n) is 13.1. The molecule has 9 nitrogen and oxygen atoms in total. The van der Waals surface area contributed by atoms with Gasteiger partial charge in [-0.25, -0.2) is 14.2 Å². The van der Waals surface area contributed by atoms with Crippen molar-refractivity contribution in [1.82, 2.24) is 15.3 Å². The molecule has 11 heteroatoms. The fourth-order valence-electron chi connectivity index (χ4n) is 4.03. The minimum absolute atomic E-state index is 0.0267. The van der Waals surface area contributed by atoms with Crippen LogP contribution in [-0.4, -0.2) is 44.7 Å². The summed E-state index contributed by atoms with van der Waals surface area (Å²) in [5.41, 5.74) is 0.198. The molecule has 41 heavy (non-hydrogen) atoms. The van der Waals surface area contributed by atoms with Gasteiger partial charge in [-0.2, -0.15) is 0 Å². The number of carbonyl (C=O) groups is 4. The van der Waals surface area contributed by atoms with Crippen LogP contribution >= 0.6 is 11.6 Å². The number of benzene rings is 2. The minimum atomic E-state index is -0.617. The molecule has 0 saturated carbocycles. The Morgan fingerprint density at radius 1 is 1.00 bits per heavy atom. The number of aromatic amines is 1. The van der Waals surface area contributed by atoms with Gasteiger partial charge in [0.15, 0.2) is 11.6 Å². The first kappa shape index (κ1) is 31.5. The number of H-pyrrole nitrogens is 1. The van der Waals surface area contributed by atoms with Crippen LogP contribution in [0.15, 0.2) is 48.8 Å². The summed E-state index contributed by atoms with van der Waals surface area (Å²) in [6, 6.07) is 10.2. The number of Topliss-reactive ketones (excluding diaryl/α,β-unsaturated/α-hetero) is 2. The van der Waals surface area contributed by atoms with Gasteiger partial charge in [-0.05, 0) is 83.4 Å². The molecule has 1 aromatic heterocycles. The fourth-order valence-corrected chi connectivity index (χ4v) is 4.30. The third-order valence-electron chi connectivity index (χ3n) is 5.98. The van der Waals surface area contributed by atoms with Crippen molar-refractivity contribution in [2.45, 2.75) is 71.4 Å². The van der Waals surface area contributed by atoms with E-state index in [0.29, 0.717) is 24.1 Å². The van der Waals surface area contributed by atoms with Gasteiger partial charge < -0.3 is 20.4 Å². The number of hydrogen-bond acceptors (Lipinski definition) is 6. The van der Waals surface area contributed by atoms with Crippen molar-refractivity contribution in [3.63, 3.8) is 0 Å². The third kappa shape index (κ3) is 9.53. The van der Waals surface area contributed by atoms with Crippen LogP contribution in [0.4, 0.5) is 14.9 Å². The molecule has 3 rings (SSSR count). The monoisotopic (exact) mass is 584 g/mol. The van der Waals surface area contributed by atoms with Crippen LogP contribution in [-0.2, 0) is 11.2 Å². The first-order chi connectivity index (χ1) is 19.1. The molecule has 2 aromatic carbocycles. The highest BCUT2D eigenvalue weighted by atomic mass is 35.5. The fraction of sp³-hybridized carbons (Fsp3) is 0.367. The molecule has 0 spiro atoms. The van der Waals surface area contributed by atoms with E-state index < -0.39 is 29.0 Å². The maximum Gasteiger partial charge on any atom is 0.408 e. The molecule has 0 saturated heterocycles. The SMILES string of the molecule is CC(C)(CCCC(=O)c1nc[nH]c1C(=O)Nc1ccc(CC(=O)c2ccc(F)cc2Cl)cc1)NC(=O)OC(C)(C)C. The zero-order chi connectivity index (χ0) is 30.4. The Kier molecular flexibility index (Phi) is 10.0. The molecular formula is C30H34ClFN4O5. The molecule has 0 atom stereocenters. The molecule has 0 aliphatic heterocycles. The molecule has 0 bridgehead atoms. The predicted octanol–water partition coefficient (Wildman–Crippen LogP) is 6.54. The zero-order valence-corrected chi connectivity index (χ0v) is 24.4. The molecule has 1 heterocycles. The van der Waals surface area contributed by atoms with E-state index in [0.717, 1.165) is 6.07 Å². The van der Waals surface area contributed by atoms with Crippen LogP contribution in [0.3, 0.4) is 0 Å². The molecule has 3 aromatic rings. The van der Waals surface area contributed by atoms with Gasteiger partial charge in [0.2, 0.25) is 0 Å². The van der Waals surface area contributed by atoms with Gasteiger partial charge in [0.25, 0.3) is 5.91 Å². The number of alkyl carbamates (subject to hydrolysis) is 1. The lowest BCUT2D eigenvalue weighted by Crippen LogP contribution is -2.45. The Balaban J connectivity index is 1.54. The van der Waals surface area contributed by atoms with Crippen LogP contribution in [0.1, 0.15) is 90.8 Å². The van der Waals surface area contributed by atoms with Gasteiger partial charge >= 0.3 is 6.09 Å². The van der Waals surface area contributed by atoms with Crippen molar-refractivity contribution in [3.05, 3.63) is 82.1 Å². The number of rotatable bonds is 11. The van der Waals surface area contributed by atoms with Gasteiger partial charge in [-0.1, -0.05) is 23.7 Å². The number of hydrogen-bond donors (Lipinski definition) is 3. The summed E-state index contributed by atoms with van der Waals surface area (Å²) >= 11 is 5.98. The standard InChI is InChI=1S/C30H34ClFN4O5/c1-29(2,3)41-28(40)36-30(4,5)14-6-7-23(37)25-26(34-17-33-25)27(39)35-20-11-8-18(9-12-20)15-24(38)21-13-10-19(32)16-22(21)31/h8-13,16-17H,6-7,14-15H2,1-5H3,(H,33,34)(H,35,39)(H,36,40). The lowest BCUT2D eigenvalue weighted by molar-refractivity contribution is 0.0467. The Labute approximate surface area is 243 Å². The lowest BCUT2D eigenvalue weighted by atomic mass is 9.96. The van der Waals surface area contributed by atoms with E-state index in [1.54, 1.807) is 45.0 Å². The highest BCUT2D eigenvalue weighted by Gasteiger charge is 2.26. The summed E-state index contributed by atoms with van der Waals surface area (Å²) in [4.78, 5) is 57.1. The zero-order valence-electron chi connectivity index (χ0n) is 23.7. The second kappa shape index (κ2) is 13.1. The second-order valence-corrected chi connectivity index (χ2v) is 11.7. The van der Waals surface area contributed by atoms with Gasteiger partial charge in [0, 0.05) is 29.6 Å². The number of amides is 2. The molecular weight excluding hydrogens is 551 g/mol. The van der Waals surface area contributed by atoms with E-state index in [-0.39, 0.29) is 46.4 Å². The summed E-state index contributed by atoms with van der Waals surface area (Å²) in [6.45, 7) is 9.02. The third-order valence-corrected chi connectivity index (χ3v) is 6.30. The quantitative estimate of drug-likeness (QED) is 0.219. The van der Waals surface area contributed by atoms with E-state index in [1.807, 2.05) is 13.8 Å². The maximum absolute atomic E-state index is 13.3. The molecule has 0 aliphatic rings. The van der Waals surface area contributed by atoms with Crippen molar-refractivity contribution in [2.75, 3.05) is 5.32 Å². The van der Waals surface area contributed by atoms with E-state index in [4.69, 9.17) is 16.3 Å². The molecule has 2 amide bonds. The Bertz CT molecular complexity index is 1430. The normalized spacial score (nSPS) is 11.6. The van der Waals surface area contributed by atoms with Crippen LogP contribution in [0.2, 0.25) is 5.02 Å². The summed E-state index contributed by atoms with van der Waals surface area (Å²) in [5, 5.41) is 5.57. The van der Waals surface area contributed by atoms with Gasteiger partial charge in [-0.3, -0.25) is 14.4 Å². The van der Waals surface area contributed by atoms with Crippen LogP contribution in [0.25, 0.3) is 0 Å². The van der Waals surface area contributed by atoms with Gasteiger partial charge in [-0.15, -0.1) is 0 Å². The summed E-state index contributed by atoms with van der Waals surface area (Å²) < 4.78 is 18.6. The molecule has 0 fully saturated rings. The Morgan fingerprint density at radius 2 is 1.68 bits per heavy atom. The number of nitrogens with one attached hydrogen (secondary N) is 3. The van der Waals surface area contributed by atoms with Crippen molar-refractivity contribution in [2.24, 2.45) is 0 Å². The van der Waals surface area contributed by atoms with Gasteiger partial charge in [0.05, 0.1) is 11.3 Å². The van der Waals surface area contributed by atoms with E-state index in [1.165, 1.54) is 18.5 Å². The average Bonchev–Trinajstić information content (AvgIpc) is 3.34. The Hall–Kier alpha value is -4.05. The van der Waals surface area contributed by atoms with Crippen molar-refractivity contribution < 1.29 is 28.3 Å². The highest BCUT2D eigenvalue weighted by molar-refractivity contribution is 6.34. The number of aromatic nitrogens is 2. The molecule has 0 aliphatic carbocycles. The maximum atomic E-state index is 13.3. The largest absolute Gasteiger partial charge is 0.444 e. The predicted molar refractivity (Wildman–Crippen MR) is 154 cm³/mol. The first-order valence-corrected chi connectivity index (χ1v) is 13.5. The number of nitrogens with zero attached hydrogens (tertiary/aromatic N) is 1. The lowest BCUT2D eigenvalue weighted by Gasteiger charge is -2.28. The number of ketones is 2. The average molecular weight is 585 g/mol. The molecule has 3 N–H and O–H groups in total. The summed E-state index contributed by atoms with van der Waals surface area (Å²) in [5.74, 6) is -1.64.